The minimum absolute atomic E-state index is 0.107. The Labute approximate surface area is 181 Å². The number of amides is 2. The SMILES string of the molecule is CCCCCCCCCCN1C(=O)C(SC(C)C)=C(c2ccc(C)c(C)c2)C1=O. The molecule has 160 valence electrons. The lowest BCUT2D eigenvalue weighted by molar-refractivity contribution is -0.136. The van der Waals surface area contributed by atoms with E-state index in [1.165, 1.54) is 60.8 Å². The molecule has 29 heavy (non-hydrogen) atoms. The van der Waals surface area contributed by atoms with Gasteiger partial charge >= 0.3 is 0 Å². The van der Waals surface area contributed by atoms with Crippen LogP contribution in [0.4, 0.5) is 0 Å². The number of nitrogens with zero attached hydrogens (tertiary/aromatic N) is 1. The highest BCUT2D eigenvalue weighted by molar-refractivity contribution is 8.04. The number of hydrogen-bond acceptors (Lipinski definition) is 3. The molecule has 4 heteroatoms. The first-order valence-electron chi connectivity index (χ1n) is 11.2. The molecule has 0 fully saturated rings. The summed E-state index contributed by atoms with van der Waals surface area (Å²) in [4.78, 5) is 28.3. The Morgan fingerprint density at radius 1 is 0.862 bits per heavy atom. The van der Waals surface area contributed by atoms with E-state index in [0.717, 1.165) is 24.0 Å². The van der Waals surface area contributed by atoms with Crippen molar-refractivity contribution in [2.24, 2.45) is 0 Å². The number of carbonyl (C=O) groups excluding carboxylic acids is 2. The summed E-state index contributed by atoms with van der Waals surface area (Å²) < 4.78 is 0. The van der Waals surface area contributed by atoms with Gasteiger partial charge in [0.2, 0.25) is 0 Å². The summed E-state index contributed by atoms with van der Waals surface area (Å²) in [5.41, 5.74) is 3.80. The van der Waals surface area contributed by atoms with Gasteiger partial charge in [0.15, 0.2) is 0 Å². The summed E-state index contributed by atoms with van der Waals surface area (Å²) in [7, 11) is 0. The van der Waals surface area contributed by atoms with Crippen LogP contribution in [-0.2, 0) is 9.59 Å². The largest absolute Gasteiger partial charge is 0.274 e. The maximum Gasteiger partial charge on any atom is 0.267 e. The van der Waals surface area contributed by atoms with Crippen LogP contribution < -0.4 is 0 Å². The van der Waals surface area contributed by atoms with E-state index >= 15 is 0 Å². The second-order valence-corrected chi connectivity index (χ2v) is 9.99. The van der Waals surface area contributed by atoms with Crippen LogP contribution >= 0.6 is 11.8 Å². The van der Waals surface area contributed by atoms with Crippen LogP contribution in [0.1, 0.15) is 88.8 Å². The molecule has 0 saturated carbocycles. The normalized spacial score (nSPS) is 14.6. The molecule has 1 heterocycles. The number of rotatable bonds is 12. The van der Waals surface area contributed by atoms with Crippen LogP contribution in [0.3, 0.4) is 0 Å². The van der Waals surface area contributed by atoms with Crippen LogP contribution in [0.25, 0.3) is 5.57 Å². The maximum absolute atomic E-state index is 13.2. The molecule has 1 aromatic carbocycles. The van der Waals surface area contributed by atoms with E-state index in [9.17, 15) is 9.59 Å². The van der Waals surface area contributed by atoms with Crippen molar-refractivity contribution in [3.05, 3.63) is 39.8 Å². The van der Waals surface area contributed by atoms with Gasteiger partial charge in [-0.05, 0) is 37.0 Å². The van der Waals surface area contributed by atoms with E-state index in [2.05, 4.69) is 27.7 Å². The van der Waals surface area contributed by atoms with Crippen molar-refractivity contribution in [2.45, 2.75) is 91.2 Å². The third kappa shape index (κ3) is 6.47. The first-order chi connectivity index (χ1) is 13.9. The number of thioether (sulfide) groups is 1. The highest BCUT2D eigenvalue weighted by Gasteiger charge is 2.39. The highest BCUT2D eigenvalue weighted by Crippen LogP contribution is 2.38. The molecule has 3 nitrogen and oxygen atoms in total. The van der Waals surface area contributed by atoms with Crippen LogP contribution in [-0.4, -0.2) is 28.5 Å². The Morgan fingerprint density at radius 3 is 2.07 bits per heavy atom. The van der Waals surface area contributed by atoms with Gasteiger partial charge in [0.25, 0.3) is 11.8 Å². The maximum atomic E-state index is 13.2. The van der Waals surface area contributed by atoms with Gasteiger partial charge in [-0.2, -0.15) is 0 Å². The monoisotopic (exact) mass is 415 g/mol. The van der Waals surface area contributed by atoms with Gasteiger partial charge in [-0.25, -0.2) is 0 Å². The van der Waals surface area contributed by atoms with E-state index in [4.69, 9.17) is 0 Å². The number of hydrogen-bond donors (Lipinski definition) is 0. The Hall–Kier alpha value is -1.55. The fourth-order valence-electron chi connectivity index (χ4n) is 3.66. The molecule has 0 radical (unpaired) electrons. The van der Waals surface area contributed by atoms with Gasteiger partial charge in [-0.3, -0.25) is 14.5 Å². The van der Waals surface area contributed by atoms with Crippen molar-refractivity contribution in [1.29, 1.82) is 0 Å². The lowest BCUT2D eigenvalue weighted by atomic mass is 10.0. The zero-order chi connectivity index (χ0) is 21.4. The third-order valence-electron chi connectivity index (χ3n) is 5.51. The van der Waals surface area contributed by atoms with E-state index in [0.29, 0.717) is 17.0 Å². The quantitative estimate of drug-likeness (QED) is 0.283. The second-order valence-electron chi connectivity index (χ2n) is 8.41. The molecule has 0 aromatic heterocycles. The summed E-state index contributed by atoms with van der Waals surface area (Å²) in [6.07, 6.45) is 9.61. The average Bonchev–Trinajstić information content (AvgIpc) is 2.89. The molecule has 1 aromatic rings. The van der Waals surface area contributed by atoms with Crippen molar-refractivity contribution in [1.82, 2.24) is 4.90 Å². The average molecular weight is 416 g/mol. The minimum Gasteiger partial charge on any atom is -0.274 e. The van der Waals surface area contributed by atoms with Crippen molar-refractivity contribution in [3.8, 4) is 0 Å². The standard InChI is InChI=1S/C25H37NO2S/c1-6-7-8-9-10-11-12-13-16-26-24(27)22(23(25(26)28)29-18(2)3)21-15-14-19(4)20(5)17-21/h14-15,17-18H,6-13,16H2,1-5H3. The Morgan fingerprint density at radius 2 is 1.48 bits per heavy atom. The Balaban J connectivity index is 2.04. The topological polar surface area (TPSA) is 37.4 Å². The number of imide groups is 1. The smallest absolute Gasteiger partial charge is 0.267 e. The van der Waals surface area contributed by atoms with Crippen molar-refractivity contribution in [2.75, 3.05) is 6.54 Å². The first kappa shape index (κ1) is 23.7. The van der Waals surface area contributed by atoms with Crippen molar-refractivity contribution in [3.63, 3.8) is 0 Å². The molecule has 0 unspecified atom stereocenters. The summed E-state index contributed by atoms with van der Waals surface area (Å²) >= 11 is 1.51. The number of carbonyl (C=O) groups is 2. The summed E-state index contributed by atoms with van der Waals surface area (Å²) in [5, 5.41) is 0.256. The molecule has 0 aliphatic carbocycles. The number of benzene rings is 1. The van der Waals surface area contributed by atoms with Gasteiger partial charge in [-0.1, -0.05) is 83.9 Å². The number of aryl methyl sites for hydroxylation is 2. The van der Waals surface area contributed by atoms with Crippen LogP contribution in [0.15, 0.2) is 23.1 Å². The van der Waals surface area contributed by atoms with Gasteiger partial charge in [0.1, 0.15) is 0 Å². The lowest BCUT2D eigenvalue weighted by Crippen LogP contribution is -2.32. The van der Waals surface area contributed by atoms with Crippen molar-refractivity contribution >= 4 is 29.1 Å². The predicted octanol–water partition coefficient (Wildman–Crippen LogP) is 6.67. The third-order valence-corrected chi connectivity index (χ3v) is 6.60. The van der Waals surface area contributed by atoms with E-state index < -0.39 is 0 Å². The zero-order valence-electron chi connectivity index (χ0n) is 18.8. The molecule has 0 N–H and O–H groups in total. The van der Waals surface area contributed by atoms with E-state index in [1.54, 1.807) is 0 Å². The zero-order valence-corrected chi connectivity index (χ0v) is 19.7. The second kappa shape index (κ2) is 11.6. The van der Waals surface area contributed by atoms with Gasteiger partial charge < -0.3 is 0 Å². The first-order valence-corrected chi connectivity index (χ1v) is 12.1. The summed E-state index contributed by atoms with van der Waals surface area (Å²) in [6, 6.07) is 6.05. The van der Waals surface area contributed by atoms with Gasteiger partial charge in [-0.15, -0.1) is 11.8 Å². The Bertz CT molecular complexity index is 751. The van der Waals surface area contributed by atoms with E-state index in [-0.39, 0.29) is 17.1 Å². The molecule has 0 saturated heterocycles. The molecular weight excluding hydrogens is 378 g/mol. The van der Waals surface area contributed by atoms with E-state index in [1.807, 2.05) is 25.1 Å². The summed E-state index contributed by atoms with van der Waals surface area (Å²) in [6.45, 7) is 11.0. The lowest BCUT2D eigenvalue weighted by Gasteiger charge is -2.15. The van der Waals surface area contributed by atoms with Crippen LogP contribution in [0.2, 0.25) is 0 Å². The molecule has 0 bridgehead atoms. The minimum atomic E-state index is -0.121. The van der Waals surface area contributed by atoms with Crippen molar-refractivity contribution < 1.29 is 9.59 Å². The highest BCUT2D eigenvalue weighted by atomic mass is 32.2. The predicted molar refractivity (Wildman–Crippen MR) is 125 cm³/mol. The molecule has 1 aliphatic heterocycles. The molecular formula is C25H37NO2S. The number of unbranched alkanes of at least 4 members (excludes halogenated alkanes) is 7. The fourth-order valence-corrected chi connectivity index (χ4v) is 4.66. The molecule has 0 spiro atoms. The molecule has 2 amide bonds. The fraction of sp³-hybridized carbons (Fsp3) is 0.600. The Kier molecular flexibility index (Phi) is 9.48. The molecule has 2 rings (SSSR count). The van der Waals surface area contributed by atoms with Gasteiger partial charge in [0, 0.05) is 11.8 Å². The van der Waals surface area contributed by atoms with Crippen LogP contribution in [0, 0.1) is 13.8 Å². The molecule has 1 aliphatic rings. The molecule has 0 atom stereocenters. The van der Waals surface area contributed by atoms with Gasteiger partial charge in [0.05, 0.1) is 10.5 Å². The van der Waals surface area contributed by atoms with Crippen LogP contribution in [0.5, 0.6) is 0 Å². The summed E-state index contributed by atoms with van der Waals surface area (Å²) in [5.74, 6) is -0.228.